The number of carbonyl (C=O) groups is 1. The van der Waals surface area contributed by atoms with Crippen LogP contribution in [0.2, 0.25) is 0 Å². The van der Waals surface area contributed by atoms with E-state index < -0.39 is 0 Å². The van der Waals surface area contributed by atoms with Crippen LogP contribution in [0.25, 0.3) is 0 Å². The van der Waals surface area contributed by atoms with E-state index in [0.717, 1.165) is 26.1 Å². The van der Waals surface area contributed by atoms with Crippen molar-refractivity contribution in [3.63, 3.8) is 0 Å². The maximum atomic E-state index is 12.1. The summed E-state index contributed by atoms with van der Waals surface area (Å²) in [6.45, 7) is 11.4. The van der Waals surface area contributed by atoms with Gasteiger partial charge in [0.05, 0.1) is 0 Å². The molecule has 0 radical (unpaired) electrons. The largest absolute Gasteiger partial charge is 0.369 e. The van der Waals surface area contributed by atoms with Crippen molar-refractivity contribution in [3.8, 4) is 0 Å². The van der Waals surface area contributed by atoms with Gasteiger partial charge in [0.1, 0.15) is 6.10 Å². The van der Waals surface area contributed by atoms with Gasteiger partial charge in [-0.05, 0) is 26.2 Å². The Morgan fingerprint density at radius 3 is 2.67 bits per heavy atom. The maximum Gasteiger partial charge on any atom is 0.251 e. The predicted molar refractivity (Wildman–Crippen MR) is 76.2 cm³/mol. The second-order valence-corrected chi connectivity index (χ2v) is 5.33. The lowest BCUT2D eigenvalue weighted by molar-refractivity contribution is -0.144. The molecule has 1 rings (SSSR count). The van der Waals surface area contributed by atoms with Crippen LogP contribution in [-0.2, 0) is 9.53 Å². The minimum Gasteiger partial charge on any atom is -0.369 e. The zero-order chi connectivity index (χ0) is 12.8. The Bertz CT molecular complexity index is 249. The van der Waals surface area contributed by atoms with Gasteiger partial charge in [0, 0.05) is 32.3 Å². The van der Waals surface area contributed by atoms with Crippen LogP contribution in [0.15, 0.2) is 0 Å². The molecule has 0 saturated carbocycles. The van der Waals surface area contributed by atoms with Crippen molar-refractivity contribution in [2.75, 3.05) is 26.2 Å². The van der Waals surface area contributed by atoms with Crippen molar-refractivity contribution in [1.29, 1.82) is 0 Å². The van der Waals surface area contributed by atoms with Gasteiger partial charge in [0.2, 0.25) is 0 Å². The Labute approximate surface area is 117 Å². The monoisotopic (exact) mass is 278 g/mol. The molecule has 1 amide bonds. The Kier molecular flexibility index (Phi) is 8.57. The van der Waals surface area contributed by atoms with Gasteiger partial charge in [0.25, 0.3) is 5.91 Å². The number of hydrogen-bond donors (Lipinski definition) is 1. The molecule has 0 aromatic carbocycles. The molecule has 1 fully saturated rings. The van der Waals surface area contributed by atoms with Gasteiger partial charge >= 0.3 is 0 Å². The highest BCUT2D eigenvalue weighted by Crippen LogP contribution is 2.06. The average molecular weight is 279 g/mol. The first kappa shape index (κ1) is 17.7. The lowest BCUT2D eigenvalue weighted by Gasteiger charge is -2.33. The summed E-state index contributed by atoms with van der Waals surface area (Å²) in [5.41, 5.74) is 0. The van der Waals surface area contributed by atoms with E-state index in [4.69, 9.17) is 4.74 Å². The van der Waals surface area contributed by atoms with Crippen LogP contribution < -0.4 is 5.32 Å². The highest BCUT2D eigenvalue weighted by molar-refractivity contribution is 5.85. The van der Waals surface area contributed by atoms with Crippen LogP contribution >= 0.6 is 12.4 Å². The molecule has 5 heteroatoms. The molecule has 1 aliphatic rings. The second kappa shape index (κ2) is 8.73. The number of hydrogen-bond acceptors (Lipinski definition) is 3. The average Bonchev–Trinajstić information content (AvgIpc) is 2.27. The standard InChI is InChI=1S/C13H26N2O2.ClH/c1-10(2)5-8-17-12(4)13(16)15-7-6-14-11(3)9-15;/h10-12,14H,5-9H2,1-4H3;1H. The molecule has 18 heavy (non-hydrogen) atoms. The summed E-state index contributed by atoms with van der Waals surface area (Å²) in [7, 11) is 0. The fourth-order valence-electron chi connectivity index (χ4n) is 1.94. The lowest BCUT2D eigenvalue weighted by atomic mass is 10.1. The smallest absolute Gasteiger partial charge is 0.251 e. The number of rotatable bonds is 5. The summed E-state index contributed by atoms with van der Waals surface area (Å²) in [5, 5.41) is 3.33. The maximum absolute atomic E-state index is 12.1. The minimum absolute atomic E-state index is 0. The zero-order valence-electron chi connectivity index (χ0n) is 11.9. The molecule has 0 bridgehead atoms. The molecule has 1 saturated heterocycles. The molecule has 1 heterocycles. The minimum atomic E-state index is -0.306. The first-order chi connectivity index (χ1) is 8.00. The van der Waals surface area contributed by atoms with Gasteiger partial charge in [-0.1, -0.05) is 13.8 Å². The topological polar surface area (TPSA) is 41.6 Å². The van der Waals surface area contributed by atoms with Crippen molar-refractivity contribution >= 4 is 18.3 Å². The molecule has 0 aromatic rings. The normalized spacial score (nSPS) is 21.6. The molecule has 0 aromatic heterocycles. The Hall–Kier alpha value is -0.320. The van der Waals surface area contributed by atoms with E-state index in [1.54, 1.807) is 0 Å². The van der Waals surface area contributed by atoms with Crippen LogP contribution in [0.3, 0.4) is 0 Å². The van der Waals surface area contributed by atoms with E-state index >= 15 is 0 Å². The van der Waals surface area contributed by atoms with Crippen LogP contribution in [0, 0.1) is 5.92 Å². The molecule has 0 aliphatic carbocycles. The highest BCUT2D eigenvalue weighted by Gasteiger charge is 2.24. The Morgan fingerprint density at radius 1 is 1.44 bits per heavy atom. The first-order valence-corrected chi connectivity index (χ1v) is 6.64. The van der Waals surface area contributed by atoms with E-state index in [1.807, 2.05) is 11.8 Å². The summed E-state index contributed by atoms with van der Waals surface area (Å²) in [5.74, 6) is 0.749. The summed E-state index contributed by atoms with van der Waals surface area (Å²) >= 11 is 0. The number of piperazine rings is 1. The van der Waals surface area contributed by atoms with Crippen LogP contribution in [0.4, 0.5) is 0 Å². The third-order valence-corrected chi connectivity index (χ3v) is 3.09. The predicted octanol–water partition coefficient (Wildman–Crippen LogP) is 1.68. The second-order valence-electron chi connectivity index (χ2n) is 5.33. The van der Waals surface area contributed by atoms with Gasteiger partial charge in [-0.2, -0.15) is 0 Å². The number of nitrogens with zero attached hydrogens (tertiary/aromatic N) is 1. The summed E-state index contributed by atoms with van der Waals surface area (Å²) in [6.07, 6.45) is 0.703. The molecule has 2 atom stereocenters. The summed E-state index contributed by atoms with van der Waals surface area (Å²) in [6, 6.07) is 0.385. The van der Waals surface area contributed by atoms with Crippen LogP contribution in [0.1, 0.15) is 34.1 Å². The fraction of sp³-hybridized carbons (Fsp3) is 0.923. The van der Waals surface area contributed by atoms with Gasteiger partial charge in [-0.25, -0.2) is 0 Å². The number of amides is 1. The molecule has 1 aliphatic heterocycles. The lowest BCUT2D eigenvalue weighted by Crippen LogP contribution is -2.53. The summed E-state index contributed by atoms with van der Waals surface area (Å²) < 4.78 is 5.59. The molecule has 1 N–H and O–H groups in total. The van der Waals surface area contributed by atoms with Crippen molar-refractivity contribution < 1.29 is 9.53 Å². The Balaban J connectivity index is 0.00000289. The molecular formula is C13H27ClN2O2. The quantitative estimate of drug-likeness (QED) is 0.832. The SMILES string of the molecule is CC(C)CCOC(C)C(=O)N1CCNC(C)C1.Cl. The Morgan fingerprint density at radius 2 is 2.11 bits per heavy atom. The van der Waals surface area contributed by atoms with E-state index in [2.05, 4.69) is 26.1 Å². The number of ether oxygens (including phenoxy) is 1. The fourth-order valence-corrected chi connectivity index (χ4v) is 1.94. The van der Waals surface area contributed by atoms with Gasteiger partial charge < -0.3 is 15.0 Å². The first-order valence-electron chi connectivity index (χ1n) is 6.64. The van der Waals surface area contributed by atoms with Crippen molar-refractivity contribution in [3.05, 3.63) is 0 Å². The van der Waals surface area contributed by atoms with Crippen LogP contribution in [-0.4, -0.2) is 49.2 Å². The molecule has 0 spiro atoms. The van der Waals surface area contributed by atoms with E-state index in [0.29, 0.717) is 18.6 Å². The molecule has 108 valence electrons. The van der Waals surface area contributed by atoms with Crippen molar-refractivity contribution in [2.45, 2.75) is 46.3 Å². The van der Waals surface area contributed by atoms with E-state index in [9.17, 15) is 4.79 Å². The zero-order valence-corrected chi connectivity index (χ0v) is 12.8. The van der Waals surface area contributed by atoms with Crippen molar-refractivity contribution in [2.24, 2.45) is 5.92 Å². The third-order valence-electron chi connectivity index (χ3n) is 3.09. The van der Waals surface area contributed by atoms with E-state index in [-0.39, 0.29) is 24.4 Å². The number of nitrogens with one attached hydrogen (secondary N) is 1. The summed E-state index contributed by atoms with van der Waals surface area (Å²) in [4.78, 5) is 14.0. The molecule has 4 nitrogen and oxygen atoms in total. The van der Waals surface area contributed by atoms with Gasteiger partial charge in [0.15, 0.2) is 0 Å². The third kappa shape index (κ3) is 6.03. The van der Waals surface area contributed by atoms with Crippen LogP contribution in [0.5, 0.6) is 0 Å². The van der Waals surface area contributed by atoms with Gasteiger partial charge in [-0.3, -0.25) is 4.79 Å². The van der Waals surface area contributed by atoms with E-state index in [1.165, 1.54) is 0 Å². The number of halogens is 1. The highest BCUT2D eigenvalue weighted by atomic mass is 35.5. The van der Waals surface area contributed by atoms with Crippen molar-refractivity contribution in [1.82, 2.24) is 10.2 Å². The molecular weight excluding hydrogens is 252 g/mol. The van der Waals surface area contributed by atoms with Gasteiger partial charge in [-0.15, -0.1) is 12.4 Å². The number of carbonyl (C=O) groups excluding carboxylic acids is 1. The molecule has 2 unspecified atom stereocenters.